The van der Waals surface area contributed by atoms with Crippen LogP contribution in [-0.4, -0.2) is 24.3 Å². The lowest BCUT2D eigenvalue weighted by molar-refractivity contribution is -0.137. The number of unbranched alkanes of at least 4 members (excludes halogenated alkanes) is 18. The number of aliphatic carboxylic acids is 1. The highest BCUT2D eigenvalue weighted by Gasteiger charge is 2.06. The molecule has 0 spiro atoms. The lowest BCUT2D eigenvalue weighted by Gasteiger charge is -2.17. The quantitative estimate of drug-likeness (QED) is 0.159. The van der Waals surface area contributed by atoms with Crippen LogP contribution < -0.4 is 0 Å². The summed E-state index contributed by atoms with van der Waals surface area (Å²) in [5.74, 6) is -0.653. The van der Waals surface area contributed by atoms with E-state index in [1.165, 1.54) is 115 Å². The van der Waals surface area contributed by atoms with Crippen molar-refractivity contribution < 1.29 is 14.6 Å². The van der Waals surface area contributed by atoms with Gasteiger partial charge in [0.2, 0.25) is 0 Å². The molecular weight excluding hydrogens is 348 g/mol. The van der Waals surface area contributed by atoms with Crippen LogP contribution in [0, 0.1) is 0 Å². The Hall–Kier alpha value is -0.830. The molecule has 164 valence electrons. The van der Waals surface area contributed by atoms with Gasteiger partial charge in [-0.2, -0.15) is 0 Å². The molecule has 1 aliphatic heterocycles. The maximum Gasteiger partial charge on any atom is 0.303 e. The molecule has 0 aromatic heterocycles. The Bertz CT molecular complexity index is 383. The Labute approximate surface area is 174 Å². The van der Waals surface area contributed by atoms with Gasteiger partial charge in [-0.15, -0.1) is 0 Å². The van der Waals surface area contributed by atoms with Gasteiger partial charge in [0.05, 0.1) is 13.2 Å². The number of carboxylic acids is 1. The highest BCUT2D eigenvalue weighted by molar-refractivity contribution is 5.66. The number of carbonyl (C=O) groups is 1. The number of rotatable bonds is 21. The van der Waals surface area contributed by atoms with Crippen LogP contribution in [0.1, 0.15) is 128 Å². The predicted molar refractivity (Wildman–Crippen MR) is 119 cm³/mol. The normalized spacial score (nSPS) is 13.5. The zero-order valence-corrected chi connectivity index (χ0v) is 18.4. The van der Waals surface area contributed by atoms with Gasteiger partial charge in [0.25, 0.3) is 0 Å². The van der Waals surface area contributed by atoms with Gasteiger partial charge in [-0.25, -0.2) is 0 Å². The molecule has 28 heavy (non-hydrogen) atoms. The molecule has 0 atom stereocenters. The average molecular weight is 395 g/mol. The number of hydrogen-bond acceptors (Lipinski definition) is 2. The lowest BCUT2D eigenvalue weighted by Crippen LogP contribution is -2.15. The van der Waals surface area contributed by atoms with E-state index in [0.29, 0.717) is 6.42 Å². The van der Waals surface area contributed by atoms with Crippen LogP contribution in [0.2, 0.25) is 0 Å². The molecule has 0 aromatic rings. The van der Waals surface area contributed by atoms with Gasteiger partial charge in [-0.05, 0) is 24.8 Å². The third-order valence-corrected chi connectivity index (χ3v) is 5.85. The first-order valence-corrected chi connectivity index (χ1v) is 12.3. The highest BCUT2D eigenvalue weighted by Crippen LogP contribution is 2.15. The summed E-state index contributed by atoms with van der Waals surface area (Å²) in [7, 11) is 0. The van der Waals surface area contributed by atoms with E-state index in [2.05, 4.69) is 6.08 Å². The maximum absolute atomic E-state index is 10.4. The van der Waals surface area contributed by atoms with Crippen molar-refractivity contribution in [1.29, 1.82) is 0 Å². The van der Waals surface area contributed by atoms with Crippen LogP contribution >= 0.6 is 0 Å². The van der Waals surface area contributed by atoms with E-state index in [9.17, 15) is 4.79 Å². The Morgan fingerprint density at radius 1 is 0.643 bits per heavy atom. The monoisotopic (exact) mass is 394 g/mol. The molecule has 0 unspecified atom stereocenters. The van der Waals surface area contributed by atoms with E-state index in [1.54, 1.807) is 0 Å². The molecule has 1 heterocycles. The molecule has 1 saturated heterocycles. The minimum Gasteiger partial charge on any atom is -0.481 e. The van der Waals surface area contributed by atoms with Crippen LogP contribution in [0.15, 0.2) is 11.6 Å². The highest BCUT2D eigenvalue weighted by atomic mass is 16.5. The van der Waals surface area contributed by atoms with Crippen molar-refractivity contribution in [2.24, 2.45) is 0 Å². The van der Waals surface area contributed by atoms with Crippen LogP contribution in [0.25, 0.3) is 0 Å². The van der Waals surface area contributed by atoms with E-state index in [4.69, 9.17) is 9.84 Å². The van der Waals surface area contributed by atoms with Crippen molar-refractivity contribution in [3.63, 3.8) is 0 Å². The summed E-state index contributed by atoms with van der Waals surface area (Å²) in [6.07, 6.45) is 28.1. The summed E-state index contributed by atoms with van der Waals surface area (Å²) in [5, 5.41) is 8.58. The molecule has 0 saturated carbocycles. The van der Waals surface area contributed by atoms with Gasteiger partial charge in [-0.3, -0.25) is 4.79 Å². The van der Waals surface area contributed by atoms with Crippen molar-refractivity contribution in [3.8, 4) is 0 Å². The fourth-order valence-electron chi connectivity index (χ4n) is 3.89. The smallest absolute Gasteiger partial charge is 0.303 e. The number of ether oxygens (including phenoxy) is 1. The average Bonchev–Trinajstić information content (AvgIpc) is 2.64. The molecule has 0 amide bonds. The number of allylic oxidation sites excluding steroid dienone is 1. The summed E-state index contributed by atoms with van der Waals surface area (Å²) in [6.45, 7) is 1.77. The third kappa shape index (κ3) is 17.3. The molecule has 3 heteroatoms. The fourth-order valence-corrected chi connectivity index (χ4v) is 3.89. The Morgan fingerprint density at radius 3 is 1.32 bits per heavy atom. The summed E-state index contributed by atoms with van der Waals surface area (Å²) in [4.78, 5) is 10.4. The molecule has 0 aromatic carbocycles. The zero-order chi connectivity index (χ0) is 20.1. The Kier molecular flexibility index (Phi) is 17.5. The minimum absolute atomic E-state index is 0.342. The van der Waals surface area contributed by atoms with Gasteiger partial charge in [0, 0.05) is 6.42 Å². The fraction of sp³-hybridized carbons (Fsp3) is 0.880. The molecule has 1 fully saturated rings. The van der Waals surface area contributed by atoms with Gasteiger partial charge in [-0.1, -0.05) is 109 Å². The Morgan fingerprint density at radius 2 is 1.00 bits per heavy atom. The summed E-state index contributed by atoms with van der Waals surface area (Å²) in [6, 6.07) is 0. The van der Waals surface area contributed by atoms with Crippen LogP contribution in [-0.2, 0) is 9.53 Å². The molecule has 1 N–H and O–H groups in total. The second kappa shape index (κ2) is 19.5. The largest absolute Gasteiger partial charge is 0.481 e. The summed E-state index contributed by atoms with van der Waals surface area (Å²) >= 11 is 0. The van der Waals surface area contributed by atoms with E-state index < -0.39 is 5.97 Å². The van der Waals surface area contributed by atoms with Crippen molar-refractivity contribution in [2.75, 3.05) is 13.2 Å². The minimum atomic E-state index is -0.653. The molecule has 0 radical (unpaired) electrons. The maximum atomic E-state index is 10.4. The van der Waals surface area contributed by atoms with E-state index in [1.807, 2.05) is 0 Å². The van der Waals surface area contributed by atoms with Gasteiger partial charge >= 0.3 is 5.97 Å². The zero-order valence-electron chi connectivity index (χ0n) is 18.4. The summed E-state index contributed by atoms with van der Waals surface area (Å²) < 4.78 is 5.15. The van der Waals surface area contributed by atoms with Crippen LogP contribution in [0.3, 0.4) is 0 Å². The molecule has 0 bridgehead atoms. The van der Waals surface area contributed by atoms with E-state index in [0.717, 1.165) is 26.1 Å². The predicted octanol–water partition coefficient (Wildman–Crippen LogP) is 7.83. The number of carboxylic acid groups (broad SMARTS) is 1. The first-order chi connectivity index (χ1) is 13.8. The summed E-state index contributed by atoms with van der Waals surface area (Å²) in [5.41, 5.74) is 1.50. The van der Waals surface area contributed by atoms with Crippen molar-refractivity contribution in [2.45, 2.75) is 128 Å². The van der Waals surface area contributed by atoms with Crippen molar-refractivity contribution in [1.82, 2.24) is 0 Å². The molecule has 1 rings (SSSR count). The third-order valence-electron chi connectivity index (χ3n) is 5.85. The molecule has 0 aliphatic carbocycles. The van der Waals surface area contributed by atoms with Crippen LogP contribution in [0.4, 0.5) is 0 Å². The number of hydrogen-bond donors (Lipinski definition) is 1. The molecule has 1 aliphatic rings. The Balaban J connectivity index is 1.63. The first-order valence-electron chi connectivity index (χ1n) is 12.3. The van der Waals surface area contributed by atoms with Gasteiger partial charge in [0.1, 0.15) is 0 Å². The second-order valence-corrected chi connectivity index (χ2v) is 8.65. The van der Waals surface area contributed by atoms with E-state index in [-0.39, 0.29) is 0 Å². The standard InChI is InChI=1S/C25H46O3/c26-25(27)21-19-17-15-13-11-9-7-5-3-1-2-4-6-8-10-12-14-16-18-20-24-22-28-23-24/h20H,1-19,21-23H2,(H,26,27). The topological polar surface area (TPSA) is 46.5 Å². The lowest BCUT2D eigenvalue weighted by atomic mass is 10.0. The van der Waals surface area contributed by atoms with Gasteiger partial charge < -0.3 is 9.84 Å². The van der Waals surface area contributed by atoms with E-state index >= 15 is 0 Å². The second-order valence-electron chi connectivity index (χ2n) is 8.65. The first kappa shape index (κ1) is 25.2. The van der Waals surface area contributed by atoms with Crippen molar-refractivity contribution >= 4 is 5.97 Å². The molecular formula is C25H46O3. The van der Waals surface area contributed by atoms with Crippen molar-refractivity contribution in [3.05, 3.63) is 11.6 Å². The molecule has 3 nitrogen and oxygen atoms in total. The SMILES string of the molecule is O=C(O)CCCCCCCCCCCCCCCCCCCCC=C1COC1. The van der Waals surface area contributed by atoms with Gasteiger partial charge in [0.15, 0.2) is 0 Å². The van der Waals surface area contributed by atoms with Crippen LogP contribution in [0.5, 0.6) is 0 Å².